The first-order valence-corrected chi connectivity index (χ1v) is 9.00. The Kier molecular flexibility index (Phi) is 6.60. The molecule has 1 saturated carbocycles. The first-order valence-electron chi connectivity index (χ1n) is 9.00. The lowest BCUT2D eigenvalue weighted by Crippen LogP contribution is -2.30. The van der Waals surface area contributed by atoms with Crippen LogP contribution in [0.15, 0.2) is 24.3 Å². The first-order chi connectivity index (χ1) is 10.9. The van der Waals surface area contributed by atoms with Crippen LogP contribution in [-0.4, -0.2) is 16.3 Å². The Hall–Kier alpha value is -0.930. The van der Waals surface area contributed by atoms with E-state index in [0.717, 1.165) is 44.9 Å². The summed E-state index contributed by atoms with van der Waals surface area (Å²) in [6.07, 6.45) is 7.32. The lowest BCUT2D eigenvalue weighted by atomic mass is 9.68. The molecule has 130 valence electrons. The van der Waals surface area contributed by atoms with Crippen molar-refractivity contribution in [1.29, 1.82) is 0 Å². The quantitative estimate of drug-likeness (QED) is 0.694. The Morgan fingerprint density at radius 2 is 1.87 bits per heavy atom. The van der Waals surface area contributed by atoms with Gasteiger partial charge >= 0.3 is 0 Å². The van der Waals surface area contributed by atoms with Crippen molar-refractivity contribution in [3.63, 3.8) is 0 Å². The zero-order valence-corrected chi connectivity index (χ0v) is 14.5. The number of benzene rings is 1. The van der Waals surface area contributed by atoms with Gasteiger partial charge in [-0.05, 0) is 67.6 Å². The normalized spacial score (nSPS) is 23.7. The van der Waals surface area contributed by atoms with E-state index >= 15 is 0 Å². The molecule has 0 heterocycles. The highest BCUT2D eigenvalue weighted by Crippen LogP contribution is 2.41. The van der Waals surface area contributed by atoms with Crippen LogP contribution in [0.1, 0.15) is 76.9 Å². The smallest absolute Gasteiger partial charge is 0.123 e. The molecule has 3 heteroatoms. The van der Waals surface area contributed by atoms with Gasteiger partial charge in [-0.15, -0.1) is 0 Å². The number of halogens is 1. The number of rotatable bonds is 7. The summed E-state index contributed by atoms with van der Waals surface area (Å²) in [6.45, 7) is 4.66. The van der Waals surface area contributed by atoms with Gasteiger partial charge in [-0.2, -0.15) is 0 Å². The van der Waals surface area contributed by atoms with Crippen molar-refractivity contribution in [1.82, 2.24) is 0 Å². The summed E-state index contributed by atoms with van der Waals surface area (Å²) in [5.41, 5.74) is 0.967. The van der Waals surface area contributed by atoms with Gasteiger partial charge in [-0.3, -0.25) is 0 Å². The standard InChI is InChI=1S/C20H31FO2/c1-20(2,16-9-11-18(22)12-10-16)13-4-3-8-19(23)15-6-5-7-17(21)14-15/h5-7,14,16,18-19,22-23H,3-4,8-13H2,1-2H3/t16?,18?,19-/m0/s1. The van der Waals surface area contributed by atoms with Gasteiger partial charge in [0.05, 0.1) is 12.2 Å². The molecule has 1 aliphatic carbocycles. The lowest BCUT2D eigenvalue weighted by molar-refractivity contribution is 0.0599. The summed E-state index contributed by atoms with van der Waals surface area (Å²) in [6, 6.07) is 6.25. The van der Waals surface area contributed by atoms with Crippen LogP contribution in [0.3, 0.4) is 0 Å². The maximum atomic E-state index is 13.2. The third kappa shape index (κ3) is 5.58. The molecule has 1 aliphatic rings. The SMILES string of the molecule is CC(C)(CCCC[C@H](O)c1cccc(F)c1)C1CCC(O)CC1. The van der Waals surface area contributed by atoms with E-state index in [-0.39, 0.29) is 11.9 Å². The van der Waals surface area contributed by atoms with E-state index in [4.69, 9.17) is 0 Å². The first kappa shape index (κ1) is 18.4. The van der Waals surface area contributed by atoms with E-state index in [1.165, 1.54) is 12.1 Å². The Labute approximate surface area is 139 Å². The molecule has 1 fully saturated rings. The summed E-state index contributed by atoms with van der Waals surface area (Å²) >= 11 is 0. The van der Waals surface area contributed by atoms with Crippen molar-refractivity contribution in [2.45, 2.75) is 77.4 Å². The zero-order chi connectivity index (χ0) is 16.9. The van der Waals surface area contributed by atoms with Crippen molar-refractivity contribution in [2.75, 3.05) is 0 Å². The molecule has 0 aliphatic heterocycles. The van der Waals surface area contributed by atoms with Gasteiger partial charge in [0.2, 0.25) is 0 Å². The molecule has 0 aromatic heterocycles. The molecule has 2 N–H and O–H groups in total. The monoisotopic (exact) mass is 322 g/mol. The minimum Gasteiger partial charge on any atom is -0.393 e. The van der Waals surface area contributed by atoms with Crippen LogP contribution in [0.2, 0.25) is 0 Å². The second-order valence-corrected chi connectivity index (χ2v) is 7.81. The molecule has 23 heavy (non-hydrogen) atoms. The number of hydrogen-bond acceptors (Lipinski definition) is 2. The van der Waals surface area contributed by atoms with Crippen molar-refractivity contribution in [3.8, 4) is 0 Å². The Balaban J connectivity index is 1.71. The van der Waals surface area contributed by atoms with Crippen molar-refractivity contribution in [3.05, 3.63) is 35.6 Å². The predicted octanol–water partition coefficient (Wildman–Crippen LogP) is 5.00. The Bertz CT molecular complexity index is 478. The minimum atomic E-state index is -0.571. The predicted molar refractivity (Wildman–Crippen MR) is 91.6 cm³/mol. The molecule has 0 bridgehead atoms. The maximum absolute atomic E-state index is 13.2. The summed E-state index contributed by atoms with van der Waals surface area (Å²) in [5.74, 6) is 0.404. The molecule has 1 atom stereocenters. The number of hydrogen-bond donors (Lipinski definition) is 2. The summed E-state index contributed by atoms with van der Waals surface area (Å²) in [7, 11) is 0. The largest absolute Gasteiger partial charge is 0.393 e. The highest BCUT2D eigenvalue weighted by molar-refractivity contribution is 5.18. The number of aliphatic hydroxyl groups is 2. The lowest BCUT2D eigenvalue weighted by Gasteiger charge is -2.38. The van der Waals surface area contributed by atoms with Gasteiger partial charge in [-0.1, -0.05) is 38.8 Å². The highest BCUT2D eigenvalue weighted by Gasteiger charge is 2.32. The van der Waals surface area contributed by atoms with E-state index in [0.29, 0.717) is 23.3 Å². The summed E-state index contributed by atoms with van der Waals surface area (Å²) in [5, 5.41) is 19.8. The average molecular weight is 322 g/mol. The molecule has 0 saturated heterocycles. The highest BCUT2D eigenvalue weighted by atomic mass is 19.1. The zero-order valence-electron chi connectivity index (χ0n) is 14.5. The number of unbranched alkanes of at least 4 members (excludes halogenated alkanes) is 1. The third-order valence-electron chi connectivity index (χ3n) is 5.58. The molecular weight excluding hydrogens is 291 g/mol. The molecule has 0 spiro atoms. The summed E-state index contributed by atoms with van der Waals surface area (Å²) < 4.78 is 13.2. The van der Waals surface area contributed by atoms with Crippen LogP contribution in [-0.2, 0) is 0 Å². The minimum absolute atomic E-state index is 0.0940. The van der Waals surface area contributed by atoms with Gasteiger partial charge < -0.3 is 10.2 Å². The fourth-order valence-electron chi connectivity index (χ4n) is 3.86. The molecule has 1 aromatic rings. The topological polar surface area (TPSA) is 40.5 Å². The second kappa shape index (κ2) is 8.25. The third-order valence-corrected chi connectivity index (χ3v) is 5.58. The van der Waals surface area contributed by atoms with Crippen LogP contribution in [0.25, 0.3) is 0 Å². The van der Waals surface area contributed by atoms with Gasteiger partial charge in [0, 0.05) is 0 Å². The molecule has 0 amide bonds. The van der Waals surface area contributed by atoms with E-state index in [1.807, 2.05) is 0 Å². The van der Waals surface area contributed by atoms with Crippen LogP contribution in [0, 0.1) is 17.2 Å². The molecule has 1 aromatic carbocycles. The Morgan fingerprint density at radius 3 is 2.52 bits per heavy atom. The van der Waals surface area contributed by atoms with Gasteiger partial charge in [0.1, 0.15) is 5.82 Å². The Morgan fingerprint density at radius 1 is 1.17 bits per heavy atom. The molecule has 2 rings (SSSR count). The van der Waals surface area contributed by atoms with E-state index in [1.54, 1.807) is 12.1 Å². The average Bonchev–Trinajstić information content (AvgIpc) is 2.52. The maximum Gasteiger partial charge on any atom is 0.123 e. The number of aliphatic hydroxyl groups excluding tert-OH is 2. The fourth-order valence-corrected chi connectivity index (χ4v) is 3.86. The summed E-state index contributed by atoms with van der Waals surface area (Å²) in [4.78, 5) is 0. The van der Waals surface area contributed by atoms with Crippen molar-refractivity contribution >= 4 is 0 Å². The van der Waals surface area contributed by atoms with E-state index < -0.39 is 6.10 Å². The van der Waals surface area contributed by atoms with Crippen LogP contribution < -0.4 is 0 Å². The molecule has 0 radical (unpaired) electrons. The van der Waals surface area contributed by atoms with Crippen molar-refractivity contribution in [2.24, 2.45) is 11.3 Å². The fraction of sp³-hybridized carbons (Fsp3) is 0.700. The van der Waals surface area contributed by atoms with Crippen molar-refractivity contribution < 1.29 is 14.6 Å². The van der Waals surface area contributed by atoms with E-state index in [2.05, 4.69) is 13.8 Å². The van der Waals surface area contributed by atoms with Gasteiger partial charge in [0.25, 0.3) is 0 Å². The molecular formula is C20H31FO2. The van der Waals surface area contributed by atoms with E-state index in [9.17, 15) is 14.6 Å². The molecule has 0 unspecified atom stereocenters. The van der Waals surface area contributed by atoms with Gasteiger partial charge in [-0.25, -0.2) is 4.39 Å². The second-order valence-electron chi connectivity index (χ2n) is 7.81. The molecule has 2 nitrogen and oxygen atoms in total. The van der Waals surface area contributed by atoms with Crippen LogP contribution in [0.5, 0.6) is 0 Å². The van der Waals surface area contributed by atoms with Gasteiger partial charge in [0.15, 0.2) is 0 Å². The van der Waals surface area contributed by atoms with Crippen LogP contribution >= 0.6 is 0 Å². The van der Waals surface area contributed by atoms with Crippen LogP contribution in [0.4, 0.5) is 4.39 Å².